The summed E-state index contributed by atoms with van der Waals surface area (Å²) in [6.07, 6.45) is -6.07. The van der Waals surface area contributed by atoms with Crippen LogP contribution in [-0.4, -0.2) is 62.9 Å². The third-order valence-electron chi connectivity index (χ3n) is 6.48. The highest BCUT2D eigenvalue weighted by atomic mass is 32.1. The zero-order valence-electron chi connectivity index (χ0n) is 21.4. The fraction of sp³-hybridized carbons (Fsp3) is 0.357. The van der Waals surface area contributed by atoms with Gasteiger partial charge in [-0.2, -0.15) is 18.4 Å². The first kappa shape index (κ1) is 28.2. The number of anilines is 2. The van der Waals surface area contributed by atoms with Gasteiger partial charge in [0.15, 0.2) is 0 Å². The van der Waals surface area contributed by atoms with Crippen molar-refractivity contribution in [2.24, 2.45) is 0 Å². The van der Waals surface area contributed by atoms with Gasteiger partial charge in [-0.25, -0.2) is 4.39 Å². The fourth-order valence-corrected chi connectivity index (χ4v) is 5.69. The van der Waals surface area contributed by atoms with Crippen molar-refractivity contribution in [2.45, 2.75) is 31.2 Å². The number of halogens is 4. The summed E-state index contributed by atoms with van der Waals surface area (Å²) in [6.45, 7) is 1.09. The Balaban J connectivity index is 1.60. The zero-order chi connectivity index (χ0) is 28.2. The van der Waals surface area contributed by atoms with Crippen LogP contribution in [-0.2, 0) is 6.42 Å². The molecule has 11 heteroatoms. The summed E-state index contributed by atoms with van der Waals surface area (Å²) < 4.78 is 55.8. The van der Waals surface area contributed by atoms with Crippen LogP contribution in [0, 0.1) is 23.2 Å². The first-order valence-electron chi connectivity index (χ1n) is 12.3. The van der Waals surface area contributed by atoms with Gasteiger partial charge in [0.1, 0.15) is 12.2 Å². The van der Waals surface area contributed by atoms with Crippen molar-refractivity contribution in [3.63, 3.8) is 0 Å². The number of thiophene rings is 1. The van der Waals surface area contributed by atoms with E-state index in [2.05, 4.69) is 27.8 Å². The topological polar surface area (TPSA) is 80.2 Å². The Morgan fingerprint density at radius 1 is 1.23 bits per heavy atom. The minimum absolute atomic E-state index is 0.0674. The van der Waals surface area contributed by atoms with Crippen molar-refractivity contribution in [3.05, 3.63) is 58.0 Å². The van der Waals surface area contributed by atoms with E-state index in [1.54, 1.807) is 30.3 Å². The van der Waals surface area contributed by atoms with Gasteiger partial charge in [-0.1, -0.05) is 24.0 Å². The van der Waals surface area contributed by atoms with Crippen molar-refractivity contribution in [1.29, 1.82) is 5.26 Å². The molecule has 4 rings (SSSR count). The van der Waals surface area contributed by atoms with E-state index in [0.29, 0.717) is 40.0 Å². The first-order valence-corrected chi connectivity index (χ1v) is 13.1. The largest absolute Gasteiger partial charge is 0.393 e. The smallest absolute Gasteiger partial charge is 0.378 e. The molecule has 1 fully saturated rings. The van der Waals surface area contributed by atoms with E-state index < -0.39 is 24.8 Å². The minimum atomic E-state index is -4.43. The number of hydrogen-bond donors (Lipinski definition) is 3. The molecule has 2 aromatic carbocycles. The summed E-state index contributed by atoms with van der Waals surface area (Å²) in [5, 5.41) is 18.6. The maximum Gasteiger partial charge on any atom is 0.393 e. The van der Waals surface area contributed by atoms with Gasteiger partial charge in [-0.05, 0) is 48.7 Å². The summed E-state index contributed by atoms with van der Waals surface area (Å²) >= 11 is 1.15. The second kappa shape index (κ2) is 11.9. The highest BCUT2D eigenvalue weighted by Gasteiger charge is 2.32. The molecule has 6 nitrogen and oxygen atoms in total. The number of carbonyl (C=O) groups is 1. The van der Waals surface area contributed by atoms with Crippen LogP contribution in [0.15, 0.2) is 36.4 Å². The summed E-state index contributed by atoms with van der Waals surface area (Å²) in [5.41, 5.74) is 1.71. The lowest BCUT2D eigenvalue weighted by Gasteiger charge is -2.33. The number of likely N-dealkylation sites (tertiary alicyclic amines) is 1. The highest BCUT2D eigenvalue weighted by molar-refractivity contribution is 7.20. The Morgan fingerprint density at radius 3 is 2.72 bits per heavy atom. The normalized spacial score (nSPS) is 17.7. The Kier molecular flexibility index (Phi) is 8.63. The molecule has 3 N–H and O–H groups in total. The maximum absolute atomic E-state index is 14.7. The van der Waals surface area contributed by atoms with Crippen molar-refractivity contribution in [1.82, 2.24) is 10.2 Å². The molecule has 1 saturated heterocycles. The molecule has 204 valence electrons. The molecule has 1 aliphatic heterocycles. The van der Waals surface area contributed by atoms with Gasteiger partial charge < -0.3 is 20.9 Å². The van der Waals surface area contributed by atoms with E-state index >= 15 is 0 Å². The number of hydrogen-bond acceptors (Lipinski definition) is 6. The van der Waals surface area contributed by atoms with Gasteiger partial charge in [-0.15, -0.1) is 11.3 Å². The Bertz CT molecular complexity index is 1470. The van der Waals surface area contributed by atoms with Gasteiger partial charge >= 0.3 is 6.18 Å². The van der Waals surface area contributed by atoms with Crippen molar-refractivity contribution in [2.75, 3.05) is 44.4 Å². The zero-order valence-corrected chi connectivity index (χ0v) is 22.2. The summed E-state index contributed by atoms with van der Waals surface area (Å²) in [5.74, 6) is 5.40. The summed E-state index contributed by atoms with van der Waals surface area (Å²) in [7, 11) is 3.34. The fourth-order valence-electron chi connectivity index (χ4n) is 4.52. The number of amides is 1. The lowest BCUT2D eigenvalue weighted by atomic mass is 10.0. The minimum Gasteiger partial charge on any atom is -0.378 e. The number of carbonyl (C=O) groups excluding carboxylic acids is 1. The SMILES string of the molecule is CNC(=O)c1ccc(NCC#Cc2sc3c(NC4CCN(C)CC4F)cccc3c2CC(F)(F)F)c(C#N)c1. The molecule has 0 saturated carbocycles. The lowest BCUT2D eigenvalue weighted by molar-refractivity contribution is -0.126. The number of nitriles is 1. The molecule has 0 radical (unpaired) electrons. The van der Waals surface area contributed by atoms with Crippen LogP contribution in [0.2, 0.25) is 0 Å². The third-order valence-corrected chi connectivity index (χ3v) is 7.68. The van der Waals surface area contributed by atoms with Crippen LogP contribution in [0.1, 0.15) is 32.8 Å². The Hall–Kier alpha value is -3.80. The quantitative estimate of drug-likeness (QED) is 0.289. The predicted octanol–water partition coefficient (Wildman–Crippen LogP) is 5.16. The van der Waals surface area contributed by atoms with Gasteiger partial charge in [0.25, 0.3) is 5.91 Å². The summed E-state index contributed by atoms with van der Waals surface area (Å²) in [4.78, 5) is 14.0. The van der Waals surface area contributed by atoms with Crippen LogP contribution in [0.25, 0.3) is 10.1 Å². The molecule has 0 spiro atoms. The van der Waals surface area contributed by atoms with Gasteiger partial charge in [0, 0.05) is 25.7 Å². The number of nitrogens with one attached hydrogen (secondary N) is 3. The molecule has 1 aromatic heterocycles. The van der Waals surface area contributed by atoms with E-state index in [9.17, 15) is 27.6 Å². The average molecular weight is 558 g/mol. The molecular formula is C28H27F4N5OS. The molecule has 2 atom stereocenters. The maximum atomic E-state index is 14.7. The second-order valence-corrected chi connectivity index (χ2v) is 10.3. The molecular weight excluding hydrogens is 530 g/mol. The number of piperidine rings is 1. The van der Waals surface area contributed by atoms with Crippen LogP contribution < -0.4 is 16.0 Å². The van der Waals surface area contributed by atoms with Crippen molar-refractivity contribution < 1.29 is 22.4 Å². The average Bonchev–Trinajstić information content (AvgIpc) is 3.24. The van der Waals surface area contributed by atoms with Gasteiger partial charge in [0.2, 0.25) is 0 Å². The van der Waals surface area contributed by atoms with Crippen LogP contribution >= 0.6 is 11.3 Å². The molecule has 0 aliphatic carbocycles. The second-order valence-electron chi connectivity index (χ2n) is 9.31. The highest BCUT2D eigenvalue weighted by Crippen LogP contribution is 2.39. The Labute approximate surface area is 228 Å². The Morgan fingerprint density at radius 2 is 2.03 bits per heavy atom. The van der Waals surface area contributed by atoms with Gasteiger partial charge in [-0.3, -0.25) is 4.79 Å². The van der Waals surface area contributed by atoms with E-state index in [4.69, 9.17) is 0 Å². The molecule has 0 bridgehead atoms. The number of benzene rings is 2. The molecule has 3 aromatic rings. The molecule has 1 aliphatic rings. The van der Waals surface area contributed by atoms with Crippen molar-refractivity contribution in [3.8, 4) is 17.9 Å². The number of fused-ring (bicyclic) bond motifs is 1. The van der Waals surface area contributed by atoms with Gasteiger partial charge in [0.05, 0.1) is 45.5 Å². The monoisotopic (exact) mass is 557 g/mol. The lowest BCUT2D eigenvalue weighted by Crippen LogP contribution is -2.46. The summed E-state index contributed by atoms with van der Waals surface area (Å²) in [6, 6.07) is 11.2. The molecule has 2 heterocycles. The van der Waals surface area contributed by atoms with E-state index in [1.807, 2.05) is 18.0 Å². The van der Waals surface area contributed by atoms with Crippen LogP contribution in [0.4, 0.5) is 28.9 Å². The van der Waals surface area contributed by atoms with Crippen LogP contribution in [0.5, 0.6) is 0 Å². The van der Waals surface area contributed by atoms with E-state index in [-0.39, 0.29) is 28.5 Å². The standard InChI is InChI=1S/C28H27F4N5OS/c1-34-27(38)17-8-9-22(18(13-17)15-33)35-11-4-7-25-20(14-28(30,31)32)19-5-3-6-24(26(19)39-25)36-23-10-12-37(2)16-21(23)29/h3,5-6,8-9,13,21,23,35-36H,10-12,14,16H2,1-2H3,(H,34,38). The number of nitrogens with zero attached hydrogens (tertiary/aromatic N) is 2. The predicted molar refractivity (Wildman–Crippen MR) is 146 cm³/mol. The number of rotatable bonds is 6. The first-order chi connectivity index (χ1) is 18.6. The molecule has 1 amide bonds. The van der Waals surface area contributed by atoms with Crippen molar-refractivity contribution >= 4 is 38.7 Å². The molecule has 2 unspecified atom stereocenters. The molecule has 39 heavy (non-hydrogen) atoms. The number of alkyl halides is 4. The van der Waals surface area contributed by atoms with Crippen LogP contribution in [0.3, 0.4) is 0 Å². The van der Waals surface area contributed by atoms with E-state index in [0.717, 1.165) is 17.9 Å². The van der Waals surface area contributed by atoms with E-state index in [1.165, 1.54) is 13.1 Å². The third kappa shape index (κ3) is 6.80.